The highest BCUT2D eigenvalue weighted by molar-refractivity contribution is 7.99. The average Bonchev–Trinajstić information content (AvgIpc) is 3.24. The number of benzene rings is 1. The summed E-state index contributed by atoms with van der Waals surface area (Å²) in [5.41, 5.74) is -0.113. The fraction of sp³-hybridized carbons (Fsp3) is 0.522. The second-order valence-electron chi connectivity index (χ2n) is 8.59. The third-order valence-corrected chi connectivity index (χ3v) is 7.29. The van der Waals surface area contributed by atoms with Crippen LogP contribution in [0.3, 0.4) is 0 Å². The fourth-order valence-corrected chi connectivity index (χ4v) is 5.17. The molecule has 0 aliphatic carbocycles. The van der Waals surface area contributed by atoms with Crippen molar-refractivity contribution in [3.8, 4) is 0 Å². The van der Waals surface area contributed by atoms with Gasteiger partial charge in [0.1, 0.15) is 0 Å². The van der Waals surface area contributed by atoms with Crippen LogP contribution in [0.4, 0.5) is 0 Å². The van der Waals surface area contributed by atoms with E-state index in [1.165, 1.54) is 22.8 Å². The van der Waals surface area contributed by atoms with Gasteiger partial charge in [-0.3, -0.25) is 18.8 Å². The van der Waals surface area contributed by atoms with Crippen molar-refractivity contribution in [2.24, 2.45) is 14.1 Å². The topological polar surface area (TPSA) is 88.5 Å². The van der Waals surface area contributed by atoms with Crippen molar-refractivity contribution in [1.29, 1.82) is 0 Å². The number of aliphatic hydroxyl groups is 1. The van der Waals surface area contributed by atoms with Crippen molar-refractivity contribution in [1.82, 2.24) is 28.5 Å². The van der Waals surface area contributed by atoms with Gasteiger partial charge in [-0.15, -0.1) is 11.8 Å². The number of thioether (sulfide) groups is 1. The van der Waals surface area contributed by atoms with E-state index in [-0.39, 0.29) is 6.54 Å². The molecule has 0 bridgehead atoms. The van der Waals surface area contributed by atoms with Gasteiger partial charge in [0.05, 0.1) is 19.0 Å². The van der Waals surface area contributed by atoms with E-state index in [0.717, 1.165) is 49.5 Å². The number of aromatic nitrogens is 4. The zero-order chi connectivity index (χ0) is 23.4. The Labute approximate surface area is 197 Å². The van der Waals surface area contributed by atoms with Crippen molar-refractivity contribution in [2.45, 2.75) is 24.0 Å². The minimum Gasteiger partial charge on any atom is -0.390 e. The van der Waals surface area contributed by atoms with Gasteiger partial charge in [-0.05, 0) is 30.9 Å². The molecule has 33 heavy (non-hydrogen) atoms. The molecule has 4 rings (SSSR count). The van der Waals surface area contributed by atoms with Gasteiger partial charge in [0, 0.05) is 51.7 Å². The molecular formula is C23H32N6O3S. The standard InChI is InChI=1S/C23H32N6O3S/c1-25-21-20(22(31)26(2)23(25)32)29(17-24-21)16-18(30)15-28-12-10-27(11-13-28)9-6-14-33-19-7-4-3-5-8-19/h3-5,7-8,17-18,30H,6,9-16H2,1-2H3/t18-/m1/s1. The molecule has 1 aromatic carbocycles. The van der Waals surface area contributed by atoms with Crippen LogP contribution in [0.5, 0.6) is 0 Å². The van der Waals surface area contributed by atoms with Crippen LogP contribution in [0, 0.1) is 0 Å². The molecule has 2 aromatic heterocycles. The molecule has 1 aliphatic heterocycles. The molecule has 178 valence electrons. The van der Waals surface area contributed by atoms with E-state index in [1.807, 2.05) is 17.8 Å². The molecular weight excluding hydrogens is 440 g/mol. The smallest absolute Gasteiger partial charge is 0.332 e. The molecule has 0 unspecified atom stereocenters. The second kappa shape index (κ2) is 10.7. The first kappa shape index (κ1) is 23.7. The van der Waals surface area contributed by atoms with Gasteiger partial charge < -0.3 is 14.6 Å². The minimum absolute atomic E-state index is 0.265. The van der Waals surface area contributed by atoms with E-state index in [4.69, 9.17) is 0 Å². The van der Waals surface area contributed by atoms with E-state index in [1.54, 1.807) is 11.6 Å². The summed E-state index contributed by atoms with van der Waals surface area (Å²) in [6, 6.07) is 10.5. The van der Waals surface area contributed by atoms with Crippen molar-refractivity contribution in [2.75, 3.05) is 45.0 Å². The number of aliphatic hydroxyl groups excluding tert-OH is 1. The van der Waals surface area contributed by atoms with Gasteiger partial charge in [-0.2, -0.15) is 0 Å². The Bertz CT molecular complexity index is 1180. The molecule has 1 atom stereocenters. The Kier molecular flexibility index (Phi) is 7.69. The molecule has 1 aliphatic rings. The van der Waals surface area contributed by atoms with E-state index in [9.17, 15) is 14.7 Å². The quantitative estimate of drug-likeness (QED) is 0.360. The fourth-order valence-electron chi connectivity index (χ4n) is 4.31. The zero-order valence-corrected chi connectivity index (χ0v) is 20.1. The number of fused-ring (bicyclic) bond motifs is 1. The summed E-state index contributed by atoms with van der Waals surface area (Å²) >= 11 is 1.90. The minimum atomic E-state index is -0.627. The van der Waals surface area contributed by atoms with Gasteiger partial charge in [-0.25, -0.2) is 9.78 Å². The van der Waals surface area contributed by atoms with Crippen LogP contribution in [0.1, 0.15) is 6.42 Å². The van der Waals surface area contributed by atoms with Crippen LogP contribution in [-0.2, 0) is 20.6 Å². The van der Waals surface area contributed by atoms with Gasteiger partial charge in [0.2, 0.25) is 0 Å². The first-order chi connectivity index (χ1) is 15.9. The highest BCUT2D eigenvalue weighted by Crippen LogP contribution is 2.18. The lowest BCUT2D eigenvalue weighted by molar-refractivity contribution is 0.0650. The molecule has 0 spiro atoms. The first-order valence-corrected chi connectivity index (χ1v) is 12.3. The Morgan fingerprint density at radius 3 is 2.42 bits per heavy atom. The normalized spacial score (nSPS) is 16.5. The average molecular weight is 473 g/mol. The van der Waals surface area contributed by atoms with Crippen LogP contribution in [0.15, 0.2) is 51.1 Å². The largest absolute Gasteiger partial charge is 0.390 e. The van der Waals surface area contributed by atoms with E-state index < -0.39 is 17.4 Å². The monoisotopic (exact) mass is 472 g/mol. The maximum Gasteiger partial charge on any atom is 0.332 e. The van der Waals surface area contributed by atoms with Gasteiger partial charge in [-0.1, -0.05) is 18.2 Å². The number of rotatable bonds is 9. The molecule has 9 nitrogen and oxygen atoms in total. The van der Waals surface area contributed by atoms with Crippen LogP contribution < -0.4 is 11.2 Å². The van der Waals surface area contributed by atoms with Crippen LogP contribution in [0.25, 0.3) is 11.2 Å². The number of hydrogen-bond acceptors (Lipinski definition) is 7. The summed E-state index contributed by atoms with van der Waals surface area (Å²) in [4.78, 5) is 35.0. The van der Waals surface area contributed by atoms with Crippen molar-refractivity contribution in [3.05, 3.63) is 57.5 Å². The molecule has 1 fully saturated rings. The highest BCUT2D eigenvalue weighted by Gasteiger charge is 2.21. The Morgan fingerprint density at radius 2 is 1.70 bits per heavy atom. The van der Waals surface area contributed by atoms with Crippen LogP contribution in [0.2, 0.25) is 0 Å². The molecule has 3 aromatic rings. The number of β-amino-alcohol motifs (C(OH)–C–C–N with tert-alkyl or cyclic N) is 1. The van der Waals surface area contributed by atoms with Gasteiger partial charge in [0.25, 0.3) is 5.56 Å². The predicted molar refractivity (Wildman–Crippen MR) is 131 cm³/mol. The summed E-state index contributed by atoms with van der Waals surface area (Å²) in [6.07, 6.45) is 2.06. The SMILES string of the molecule is Cn1c(=O)c2c(ncn2C[C@H](O)CN2CCN(CCCSc3ccccc3)CC2)n(C)c1=O. The van der Waals surface area contributed by atoms with E-state index >= 15 is 0 Å². The van der Waals surface area contributed by atoms with Gasteiger partial charge >= 0.3 is 5.69 Å². The lowest BCUT2D eigenvalue weighted by Crippen LogP contribution is -2.49. The molecule has 0 amide bonds. The summed E-state index contributed by atoms with van der Waals surface area (Å²) in [6.45, 7) is 5.75. The number of piperazine rings is 1. The Morgan fingerprint density at radius 1 is 1.00 bits per heavy atom. The lowest BCUT2D eigenvalue weighted by Gasteiger charge is -2.35. The van der Waals surface area contributed by atoms with Crippen molar-refractivity contribution < 1.29 is 5.11 Å². The van der Waals surface area contributed by atoms with Gasteiger partial charge in [0.15, 0.2) is 11.2 Å². The molecule has 0 radical (unpaired) electrons. The Balaban J connectivity index is 1.23. The number of aryl methyl sites for hydroxylation is 1. The maximum atomic E-state index is 12.6. The van der Waals surface area contributed by atoms with E-state index in [0.29, 0.717) is 17.7 Å². The maximum absolute atomic E-state index is 12.6. The highest BCUT2D eigenvalue weighted by atomic mass is 32.2. The summed E-state index contributed by atoms with van der Waals surface area (Å²) in [7, 11) is 3.05. The van der Waals surface area contributed by atoms with E-state index in [2.05, 4.69) is 39.0 Å². The van der Waals surface area contributed by atoms with Crippen molar-refractivity contribution in [3.63, 3.8) is 0 Å². The Hall–Kier alpha value is -2.40. The lowest BCUT2D eigenvalue weighted by atomic mass is 10.2. The third-order valence-electron chi connectivity index (χ3n) is 6.19. The number of hydrogen-bond donors (Lipinski definition) is 1. The zero-order valence-electron chi connectivity index (χ0n) is 19.3. The number of nitrogens with zero attached hydrogens (tertiary/aromatic N) is 6. The molecule has 3 heterocycles. The van der Waals surface area contributed by atoms with Crippen molar-refractivity contribution >= 4 is 22.9 Å². The third kappa shape index (κ3) is 5.57. The van der Waals surface area contributed by atoms with Crippen LogP contribution >= 0.6 is 11.8 Å². The summed E-state index contributed by atoms with van der Waals surface area (Å²) < 4.78 is 4.09. The number of imidazole rings is 1. The summed E-state index contributed by atoms with van der Waals surface area (Å²) in [5.74, 6) is 1.12. The summed E-state index contributed by atoms with van der Waals surface area (Å²) in [5, 5.41) is 10.7. The van der Waals surface area contributed by atoms with Crippen LogP contribution in [-0.4, -0.2) is 84.7 Å². The second-order valence-corrected chi connectivity index (χ2v) is 9.75. The molecule has 10 heteroatoms. The first-order valence-electron chi connectivity index (χ1n) is 11.4. The molecule has 1 saturated heterocycles. The predicted octanol–water partition coefficient (Wildman–Crippen LogP) is 0.595. The molecule has 1 N–H and O–H groups in total. The molecule has 0 saturated carbocycles.